The summed E-state index contributed by atoms with van der Waals surface area (Å²) >= 11 is 0. The number of aromatic nitrogens is 2. The number of methoxy groups -OCH3 is 2. The van der Waals surface area contributed by atoms with Gasteiger partial charge in [0, 0.05) is 43.1 Å². The monoisotopic (exact) mass is 414 g/mol. The number of rotatable bonds is 6. The Bertz CT molecular complexity index is 922. The minimum Gasteiger partial charge on any atom is -0.493 e. The minimum atomic E-state index is -0.285. The number of carbonyl (C=O) groups is 2. The lowest BCUT2D eigenvalue weighted by molar-refractivity contribution is -0.116. The maximum absolute atomic E-state index is 13.2. The number of hydrogen-bond acceptors (Lipinski definition) is 6. The van der Waals surface area contributed by atoms with E-state index in [1.807, 2.05) is 4.90 Å². The number of amides is 2. The average molecular weight is 414 g/mol. The van der Waals surface area contributed by atoms with Crippen molar-refractivity contribution in [1.82, 2.24) is 14.7 Å². The van der Waals surface area contributed by atoms with Crippen LogP contribution in [0.15, 0.2) is 30.6 Å². The van der Waals surface area contributed by atoms with Crippen molar-refractivity contribution < 1.29 is 23.8 Å². The Balaban J connectivity index is 1.56. The number of likely N-dealkylation sites (tertiary alicyclic amines) is 1. The van der Waals surface area contributed by atoms with Crippen molar-refractivity contribution in [3.63, 3.8) is 0 Å². The minimum absolute atomic E-state index is 0.0469. The Hall–Kier alpha value is -3.07. The zero-order valence-electron chi connectivity index (χ0n) is 17.2. The summed E-state index contributed by atoms with van der Waals surface area (Å²) in [5.41, 5.74) is 0.904. The van der Waals surface area contributed by atoms with Crippen molar-refractivity contribution in [2.24, 2.45) is 5.41 Å². The largest absolute Gasteiger partial charge is 0.493 e. The summed E-state index contributed by atoms with van der Waals surface area (Å²) in [5, 5.41) is 6.85. The third-order valence-corrected chi connectivity index (χ3v) is 5.78. The van der Waals surface area contributed by atoms with Crippen LogP contribution in [0.3, 0.4) is 0 Å². The maximum atomic E-state index is 13.2. The van der Waals surface area contributed by atoms with E-state index in [0.717, 1.165) is 19.4 Å². The van der Waals surface area contributed by atoms with Crippen LogP contribution in [0, 0.1) is 5.41 Å². The van der Waals surface area contributed by atoms with E-state index in [2.05, 4.69) is 10.4 Å². The Morgan fingerprint density at radius 2 is 2.13 bits per heavy atom. The lowest BCUT2D eigenvalue weighted by Crippen LogP contribution is -2.32. The zero-order chi connectivity index (χ0) is 21.1. The summed E-state index contributed by atoms with van der Waals surface area (Å²) < 4.78 is 17.9. The average Bonchev–Trinajstić information content (AvgIpc) is 3.50. The molecule has 1 aromatic heterocycles. The molecule has 1 atom stereocenters. The molecule has 3 heterocycles. The Morgan fingerprint density at radius 1 is 1.27 bits per heavy atom. The topological polar surface area (TPSA) is 94.9 Å². The smallest absolute Gasteiger partial charge is 0.254 e. The normalized spacial score (nSPS) is 20.5. The second-order valence-corrected chi connectivity index (χ2v) is 7.79. The van der Waals surface area contributed by atoms with Crippen molar-refractivity contribution in [2.45, 2.75) is 19.4 Å². The summed E-state index contributed by atoms with van der Waals surface area (Å²) in [6.45, 7) is 2.88. The van der Waals surface area contributed by atoms with Crippen molar-refractivity contribution in [3.05, 3.63) is 36.2 Å². The van der Waals surface area contributed by atoms with E-state index in [1.165, 1.54) is 18.9 Å². The van der Waals surface area contributed by atoms with Gasteiger partial charge in [-0.1, -0.05) is 0 Å². The first-order valence-electron chi connectivity index (χ1n) is 9.94. The molecule has 2 aliphatic rings. The number of hydrogen-bond donors (Lipinski definition) is 1. The molecule has 30 heavy (non-hydrogen) atoms. The number of nitrogens with zero attached hydrogens (tertiary/aromatic N) is 3. The van der Waals surface area contributed by atoms with E-state index in [1.54, 1.807) is 30.6 Å². The fraction of sp³-hybridized carbons (Fsp3) is 0.476. The van der Waals surface area contributed by atoms with Gasteiger partial charge in [0.2, 0.25) is 5.91 Å². The molecule has 0 radical (unpaired) electrons. The number of nitrogens with one attached hydrogen (secondary N) is 1. The third kappa shape index (κ3) is 3.97. The van der Waals surface area contributed by atoms with Gasteiger partial charge in [-0.05, 0) is 31.0 Å². The molecular formula is C21H26N4O5. The van der Waals surface area contributed by atoms with Gasteiger partial charge in [0.15, 0.2) is 11.5 Å². The van der Waals surface area contributed by atoms with Crippen LogP contribution in [0.25, 0.3) is 0 Å². The molecule has 9 nitrogen and oxygen atoms in total. The van der Waals surface area contributed by atoms with Gasteiger partial charge in [0.05, 0.1) is 26.5 Å². The Morgan fingerprint density at radius 3 is 2.80 bits per heavy atom. The molecule has 1 aromatic carbocycles. The van der Waals surface area contributed by atoms with Crippen LogP contribution in [0.1, 0.15) is 23.2 Å². The van der Waals surface area contributed by atoms with Crippen molar-refractivity contribution in [2.75, 3.05) is 45.8 Å². The first kappa shape index (κ1) is 20.2. The molecule has 2 aromatic rings. The molecule has 2 saturated heterocycles. The summed E-state index contributed by atoms with van der Waals surface area (Å²) in [4.78, 5) is 27.5. The van der Waals surface area contributed by atoms with Crippen LogP contribution in [0.5, 0.6) is 11.5 Å². The highest BCUT2D eigenvalue weighted by Gasteiger charge is 2.43. The molecule has 160 valence electrons. The van der Waals surface area contributed by atoms with Gasteiger partial charge in [-0.3, -0.25) is 14.3 Å². The fourth-order valence-electron chi connectivity index (χ4n) is 4.17. The number of ether oxygens (including phenoxy) is 3. The van der Waals surface area contributed by atoms with Gasteiger partial charge in [0.25, 0.3) is 5.91 Å². The molecule has 2 amide bonds. The van der Waals surface area contributed by atoms with Crippen LogP contribution in [0.4, 0.5) is 5.69 Å². The van der Waals surface area contributed by atoms with E-state index in [4.69, 9.17) is 14.2 Å². The number of benzene rings is 1. The second-order valence-electron chi connectivity index (χ2n) is 7.79. The van der Waals surface area contributed by atoms with E-state index in [-0.39, 0.29) is 23.8 Å². The molecule has 4 rings (SSSR count). The van der Waals surface area contributed by atoms with Crippen LogP contribution in [-0.2, 0) is 16.1 Å². The maximum Gasteiger partial charge on any atom is 0.254 e. The molecule has 1 N–H and O–H groups in total. The standard InChI is InChI=1S/C21H26N4O5/c1-28-17-11-15(20(27)24-8-4-21(13-24)5-9-30-14-21)10-16(19(17)29-2)23-18(26)12-25-7-3-6-22-25/h3,6-7,10-11H,4-5,8-9,12-14H2,1-2H3,(H,23,26). The van der Waals surface area contributed by atoms with Gasteiger partial charge in [0.1, 0.15) is 6.54 Å². The van der Waals surface area contributed by atoms with E-state index < -0.39 is 0 Å². The van der Waals surface area contributed by atoms with E-state index >= 15 is 0 Å². The van der Waals surface area contributed by atoms with Crippen molar-refractivity contribution in [1.29, 1.82) is 0 Å². The highest BCUT2D eigenvalue weighted by atomic mass is 16.5. The highest BCUT2D eigenvalue weighted by molar-refractivity contribution is 5.99. The molecular weight excluding hydrogens is 388 g/mol. The fourth-order valence-corrected chi connectivity index (χ4v) is 4.17. The lowest BCUT2D eigenvalue weighted by atomic mass is 9.87. The van der Waals surface area contributed by atoms with Gasteiger partial charge in [-0.25, -0.2) is 0 Å². The molecule has 0 saturated carbocycles. The summed E-state index contributed by atoms with van der Waals surface area (Å²) in [7, 11) is 3.00. The molecule has 9 heteroatoms. The molecule has 1 unspecified atom stereocenters. The van der Waals surface area contributed by atoms with Crippen LogP contribution in [-0.4, -0.2) is 67.0 Å². The number of carbonyl (C=O) groups excluding carboxylic acids is 2. The van der Waals surface area contributed by atoms with Gasteiger partial charge < -0.3 is 24.4 Å². The quantitative estimate of drug-likeness (QED) is 0.775. The lowest BCUT2D eigenvalue weighted by Gasteiger charge is -2.23. The van der Waals surface area contributed by atoms with Crippen molar-refractivity contribution >= 4 is 17.5 Å². The molecule has 1 spiro atoms. The predicted octanol–water partition coefficient (Wildman–Crippen LogP) is 1.79. The highest BCUT2D eigenvalue weighted by Crippen LogP contribution is 2.40. The van der Waals surface area contributed by atoms with E-state index in [9.17, 15) is 9.59 Å². The number of anilines is 1. The van der Waals surface area contributed by atoms with Gasteiger partial charge >= 0.3 is 0 Å². The second kappa shape index (κ2) is 8.35. The van der Waals surface area contributed by atoms with Crippen LogP contribution >= 0.6 is 0 Å². The first-order chi connectivity index (χ1) is 14.5. The van der Waals surface area contributed by atoms with Crippen LogP contribution < -0.4 is 14.8 Å². The van der Waals surface area contributed by atoms with Crippen LogP contribution in [0.2, 0.25) is 0 Å². The molecule has 0 bridgehead atoms. The first-order valence-corrected chi connectivity index (χ1v) is 9.94. The van der Waals surface area contributed by atoms with Crippen molar-refractivity contribution in [3.8, 4) is 11.5 Å². The summed E-state index contributed by atoms with van der Waals surface area (Å²) in [5.74, 6) is 0.370. The van der Waals surface area contributed by atoms with Gasteiger partial charge in [-0.15, -0.1) is 0 Å². The summed E-state index contributed by atoms with van der Waals surface area (Å²) in [6.07, 6.45) is 5.23. The molecule has 0 aliphatic carbocycles. The SMILES string of the molecule is COc1cc(C(=O)N2CCC3(CCOC3)C2)cc(NC(=O)Cn2cccn2)c1OC. The third-order valence-electron chi connectivity index (χ3n) is 5.78. The predicted molar refractivity (Wildman–Crippen MR) is 109 cm³/mol. The van der Waals surface area contributed by atoms with E-state index in [0.29, 0.717) is 42.4 Å². The van der Waals surface area contributed by atoms with Gasteiger partial charge in [-0.2, -0.15) is 5.10 Å². The summed E-state index contributed by atoms with van der Waals surface area (Å²) in [6, 6.07) is 5.04. The zero-order valence-corrected chi connectivity index (χ0v) is 17.2. The Labute approximate surface area is 174 Å². The Kier molecular flexibility index (Phi) is 5.63. The molecule has 2 aliphatic heterocycles. The molecule has 2 fully saturated rings.